The Balaban J connectivity index is 1.54. The van der Waals surface area contributed by atoms with Crippen LogP contribution in [0.3, 0.4) is 0 Å². The van der Waals surface area contributed by atoms with Crippen molar-refractivity contribution < 1.29 is 23.5 Å². The van der Waals surface area contributed by atoms with Crippen molar-refractivity contribution in [1.82, 2.24) is 19.9 Å². The van der Waals surface area contributed by atoms with Gasteiger partial charge in [0.05, 0.1) is 19.7 Å². The molecule has 4 aromatic carbocycles. The number of halogens is 1. The van der Waals surface area contributed by atoms with E-state index in [1.165, 1.54) is 21.7 Å². The molecule has 0 spiro atoms. The van der Waals surface area contributed by atoms with Crippen molar-refractivity contribution in [3.63, 3.8) is 0 Å². The molecule has 0 fully saturated rings. The monoisotopic (exact) mass is 553 g/mol. The second-order valence-corrected chi connectivity index (χ2v) is 9.28. The number of para-hydroxylation sites is 1. The molecule has 1 unspecified atom stereocenters. The summed E-state index contributed by atoms with van der Waals surface area (Å²) in [6.07, 6.45) is 0. The highest BCUT2D eigenvalue weighted by molar-refractivity contribution is 5.98. The highest BCUT2D eigenvalue weighted by atomic mass is 19.1. The Kier molecular flexibility index (Phi) is 8.19. The number of hydrogen-bond donors (Lipinski definition) is 1. The van der Waals surface area contributed by atoms with E-state index in [2.05, 4.69) is 15.6 Å². The molecule has 0 aliphatic rings. The van der Waals surface area contributed by atoms with Gasteiger partial charge in [-0.15, -0.1) is 5.10 Å². The predicted molar refractivity (Wildman–Crippen MR) is 152 cm³/mol. The molecule has 9 nitrogen and oxygen atoms in total. The first-order valence-electron chi connectivity index (χ1n) is 12.9. The molecule has 5 rings (SSSR count). The third-order valence-corrected chi connectivity index (χ3v) is 6.64. The Morgan fingerprint density at radius 3 is 2.17 bits per heavy atom. The summed E-state index contributed by atoms with van der Waals surface area (Å²) in [7, 11) is 3.11. The maximum Gasteiger partial charge on any atom is 0.251 e. The molecule has 0 aliphatic heterocycles. The standard InChI is InChI=1S/C31H28FN5O4/c1-40-25-15-9-22(10-16-25)30(31(39)33-24-13-17-26(41-2)18-14-24)36(19-21-7-11-23(32)12-8-21)29(38)20-37-28-6-4-3-5-27(28)34-35-37/h3-18,30H,19-20H2,1-2H3,(H,33,39). The molecule has 0 bridgehead atoms. The zero-order valence-electron chi connectivity index (χ0n) is 22.5. The number of carbonyl (C=O) groups excluding carboxylic acids is 2. The number of rotatable bonds is 10. The van der Waals surface area contributed by atoms with Gasteiger partial charge in [-0.2, -0.15) is 0 Å². The van der Waals surface area contributed by atoms with E-state index in [1.807, 2.05) is 24.3 Å². The van der Waals surface area contributed by atoms with Gasteiger partial charge >= 0.3 is 0 Å². The molecular weight excluding hydrogens is 525 g/mol. The molecule has 2 amide bonds. The molecule has 0 saturated heterocycles. The number of ether oxygens (including phenoxy) is 2. The average Bonchev–Trinajstić information content (AvgIpc) is 3.41. The summed E-state index contributed by atoms with van der Waals surface area (Å²) >= 11 is 0. The number of carbonyl (C=O) groups is 2. The van der Waals surface area contributed by atoms with Crippen LogP contribution < -0.4 is 14.8 Å². The first-order valence-corrected chi connectivity index (χ1v) is 12.9. The number of nitrogens with one attached hydrogen (secondary N) is 1. The number of fused-ring (bicyclic) bond motifs is 1. The van der Waals surface area contributed by atoms with E-state index in [0.717, 1.165) is 0 Å². The summed E-state index contributed by atoms with van der Waals surface area (Å²) < 4.78 is 25.7. The number of hydrogen-bond acceptors (Lipinski definition) is 6. The van der Waals surface area contributed by atoms with Crippen LogP contribution in [0.25, 0.3) is 11.0 Å². The number of nitrogens with zero attached hydrogens (tertiary/aromatic N) is 4. The maximum atomic E-state index is 14.0. The van der Waals surface area contributed by atoms with E-state index < -0.39 is 17.8 Å². The molecule has 0 saturated carbocycles. The Hall–Kier alpha value is -5.25. The lowest BCUT2D eigenvalue weighted by atomic mass is 10.0. The highest BCUT2D eigenvalue weighted by Crippen LogP contribution is 2.28. The van der Waals surface area contributed by atoms with Gasteiger partial charge in [0.1, 0.15) is 35.4 Å². The molecule has 41 heavy (non-hydrogen) atoms. The van der Waals surface area contributed by atoms with Gasteiger partial charge in [0, 0.05) is 12.2 Å². The summed E-state index contributed by atoms with van der Waals surface area (Å²) in [5.74, 6) is 0.0380. The van der Waals surface area contributed by atoms with E-state index in [0.29, 0.717) is 39.3 Å². The summed E-state index contributed by atoms with van der Waals surface area (Å²) in [5.41, 5.74) is 3.08. The fourth-order valence-electron chi connectivity index (χ4n) is 4.51. The van der Waals surface area contributed by atoms with Crippen molar-refractivity contribution >= 4 is 28.5 Å². The van der Waals surface area contributed by atoms with Gasteiger partial charge in [0.15, 0.2) is 0 Å². The van der Waals surface area contributed by atoms with Gasteiger partial charge in [-0.1, -0.05) is 41.6 Å². The summed E-state index contributed by atoms with van der Waals surface area (Å²) in [6, 6.07) is 25.9. The van der Waals surface area contributed by atoms with Crippen molar-refractivity contribution in [2.75, 3.05) is 19.5 Å². The smallest absolute Gasteiger partial charge is 0.251 e. The third-order valence-electron chi connectivity index (χ3n) is 6.64. The number of anilines is 1. The number of aromatic nitrogens is 3. The van der Waals surface area contributed by atoms with Crippen molar-refractivity contribution in [1.29, 1.82) is 0 Å². The lowest BCUT2D eigenvalue weighted by Crippen LogP contribution is -2.42. The largest absolute Gasteiger partial charge is 0.497 e. The van der Waals surface area contributed by atoms with Gasteiger partial charge in [-0.25, -0.2) is 9.07 Å². The second-order valence-electron chi connectivity index (χ2n) is 9.28. The molecule has 5 aromatic rings. The average molecular weight is 554 g/mol. The van der Waals surface area contributed by atoms with Gasteiger partial charge in [0.2, 0.25) is 5.91 Å². The zero-order valence-corrected chi connectivity index (χ0v) is 22.5. The van der Waals surface area contributed by atoms with Crippen LogP contribution in [0.15, 0.2) is 97.1 Å². The van der Waals surface area contributed by atoms with Crippen LogP contribution in [0.4, 0.5) is 10.1 Å². The molecular formula is C31H28FN5O4. The van der Waals surface area contributed by atoms with Gasteiger partial charge in [-0.3, -0.25) is 9.59 Å². The summed E-state index contributed by atoms with van der Waals surface area (Å²) in [6.45, 7) is -0.122. The van der Waals surface area contributed by atoms with Crippen LogP contribution in [-0.2, 0) is 22.7 Å². The molecule has 1 N–H and O–H groups in total. The minimum Gasteiger partial charge on any atom is -0.497 e. The molecule has 10 heteroatoms. The SMILES string of the molecule is COc1ccc(NC(=O)C(c2ccc(OC)cc2)N(Cc2ccc(F)cc2)C(=O)Cn2nnc3ccccc32)cc1. The van der Waals surface area contributed by atoms with Crippen LogP contribution in [0.5, 0.6) is 11.5 Å². The van der Waals surface area contributed by atoms with E-state index in [1.54, 1.807) is 74.9 Å². The molecule has 208 valence electrons. The summed E-state index contributed by atoms with van der Waals surface area (Å²) in [4.78, 5) is 29.5. The van der Waals surface area contributed by atoms with Crippen molar-refractivity contribution in [3.8, 4) is 11.5 Å². The fraction of sp³-hybridized carbons (Fsp3) is 0.161. The third kappa shape index (κ3) is 6.33. The molecule has 1 heterocycles. The number of methoxy groups -OCH3 is 2. The van der Waals surface area contributed by atoms with Crippen molar-refractivity contribution in [3.05, 3.63) is 114 Å². The Bertz CT molecular complexity index is 1640. The zero-order chi connectivity index (χ0) is 28.8. The maximum absolute atomic E-state index is 14.0. The normalized spacial score (nSPS) is 11.6. The van der Waals surface area contributed by atoms with E-state index in [9.17, 15) is 14.0 Å². The fourth-order valence-corrected chi connectivity index (χ4v) is 4.51. The second kappa shape index (κ2) is 12.3. The quantitative estimate of drug-likeness (QED) is 0.262. The van der Waals surface area contributed by atoms with Gasteiger partial charge < -0.3 is 19.7 Å². The van der Waals surface area contributed by atoms with Crippen molar-refractivity contribution in [2.24, 2.45) is 0 Å². The van der Waals surface area contributed by atoms with Crippen molar-refractivity contribution in [2.45, 2.75) is 19.1 Å². The lowest BCUT2D eigenvalue weighted by Gasteiger charge is -2.32. The molecule has 1 atom stereocenters. The van der Waals surface area contributed by atoms with Crippen LogP contribution in [0.2, 0.25) is 0 Å². The summed E-state index contributed by atoms with van der Waals surface area (Å²) in [5, 5.41) is 11.2. The van der Waals surface area contributed by atoms with Crippen LogP contribution in [-0.4, -0.2) is 45.9 Å². The van der Waals surface area contributed by atoms with Crippen LogP contribution in [0.1, 0.15) is 17.2 Å². The van der Waals surface area contributed by atoms with E-state index in [4.69, 9.17) is 9.47 Å². The van der Waals surface area contributed by atoms with Crippen LogP contribution >= 0.6 is 0 Å². The van der Waals surface area contributed by atoms with E-state index in [-0.39, 0.29) is 19.0 Å². The van der Waals surface area contributed by atoms with Gasteiger partial charge in [0.25, 0.3) is 5.91 Å². The topological polar surface area (TPSA) is 98.6 Å². The number of amides is 2. The van der Waals surface area contributed by atoms with Gasteiger partial charge in [-0.05, 0) is 71.8 Å². The molecule has 0 aliphatic carbocycles. The molecule has 1 aromatic heterocycles. The molecule has 0 radical (unpaired) electrons. The Morgan fingerprint density at radius 1 is 0.878 bits per heavy atom. The van der Waals surface area contributed by atoms with E-state index >= 15 is 0 Å². The first-order chi connectivity index (χ1) is 19.9. The Labute approximate surface area is 236 Å². The van der Waals surface area contributed by atoms with Crippen LogP contribution in [0, 0.1) is 5.82 Å². The minimum atomic E-state index is -1.05. The minimum absolute atomic E-state index is 0.0402. The first kappa shape index (κ1) is 27.3. The number of benzene rings is 4. The highest BCUT2D eigenvalue weighted by Gasteiger charge is 2.32. The predicted octanol–water partition coefficient (Wildman–Crippen LogP) is 5.00. The Morgan fingerprint density at radius 2 is 1.51 bits per heavy atom. The lowest BCUT2D eigenvalue weighted by molar-refractivity contribution is -0.140.